The van der Waals surface area contributed by atoms with Crippen molar-refractivity contribution in [3.8, 4) is 0 Å². The topological polar surface area (TPSA) is 60.7 Å². The molecule has 1 fully saturated rings. The molecule has 1 saturated carbocycles. The van der Waals surface area contributed by atoms with Crippen LogP contribution in [0.5, 0.6) is 0 Å². The van der Waals surface area contributed by atoms with Crippen molar-refractivity contribution in [3.05, 3.63) is 35.4 Å². The van der Waals surface area contributed by atoms with Gasteiger partial charge in [-0.3, -0.25) is 4.79 Å². The van der Waals surface area contributed by atoms with Gasteiger partial charge in [0.1, 0.15) is 0 Å². The van der Waals surface area contributed by atoms with E-state index in [1.54, 1.807) is 0 Å². The summed E-state index contributed by atoms with van der Waals surface area (Å²) in [5, 5.41) is 12.3. The number of carbonyl (C=O) groups excluding carboxylic acids is 1. The molecule has 2 aromatic rings. The van der Waals surface area contributed by atoms with E-state index in [2.05, 4.69) is 15.5 Å². The molecular weight excluding hydrogens is 272 g/mol. The minimum Gasteiger partial charge on any atom is -0.293 e. The lowest BCUT2D eigenvalue weighted by molar-refractivity contribution is 0.0994. The Labute approximate surface area is 121 Å². The summed E-state index contributed by atoms with van der Waals surface area (Å²) in [6, 6.07) is 8.09. The van der Waals surface area contributed by atoms with Crippen LogP contribution in [0.1, 0.15) is 41.7 Å². The molecule has 5 nitrogen and oxygen atoms in total. The predicted octanol–water partition coefficient (Wildman–Crippen LogP) is 2.68. The van der Waals surface area contributed by atoms with Crippen LogP contribution in [0.4, 0.5) is 0 Å². The number of nitrogens with zero attached hydrogens (tertiary/aromatic N) is 4. The largest absolute Gasteiger partial charge is 0.293 e. The van der Waals surface area contributed by atoms with Crippen LogP contribution in [0.3, 0.4) is 0 Å². The van der Waals surface area contributed by atoms with Crippen molar-refractivity contribution in [2.75, 3.05) is 0 Å². The van der Waals surface area contributed by atoms with Crippen LogP contribution in [0.2, 0.25) is 0 Å². The van der Waals surface area contributed by atoms with E-state index in [4.69, 9.17) is 0 Å². The number of benzene rings is 1. The van der Waals surface area contributed by atoms with Gasteiger partial charge < -0.3 is 0 Å². The quantitative estimate of drug-likeness (QED) is 0.625. The second-order valence-corrected chi connectivity index (χ2v) is 6.44. The second kappa shape index (κ2) is 5.36. The van der Waals surface area contributed by atoms with Crippen molar-refractivity contribution in [2.24, 2.45) is 0 Å². The maximum atomic E-state index is 12.4. The summed E-state index contributed by atoms with van der Waals surface area (Å²) in [5.41, 5.74) is 1.89. The smallest absolute Gasteiger partial charge is 0.210 e. The van der Waals surface area contributed by atoms with Crippen LogP contribution in [0.25, 0.3) is 0 Å². The highest BCUT2D eigenvalue weighted by atomic mass is 32.2. The molecule has 20 heavy (non-hydrogen) atoms. The van der Waals surface area contributed by atoms with Gasteiger partial charge in [-0.15, -0.1) is 5.10 Å². The Balaban J connectivity index is 1.72. The van der Waals surface area contributed by atoms with Crippen molar-refractivity contribution in [3.63, 3.8) is 0 Å². The lowest BCUT2D eigenvalue weighted by atomic mass is 10.1. The minimum atomic E-state index is -0.193. The molecule has 1 atom stereocenters. The SMILES string of the molecule is Cc1ccc(C(=O)[C@H](C)Sc2nnnn2C2CC2)cc1. The zero-order chi connectivity index (χ0) is 14.1. The second-order valence-electron chi connectivity index (χ2n) is 5.13. The first-order chi connectivity index (χ1) is 9.65. The number of carbonyl (C=O) groups is 1. The standard InChI is InChI=1S/C14H16N4OS/c1-9-3-5-11(6-4-9)13(19)10(2)20-14-15-16-17-18(14)12-7-8-12/h3-6,10,12H,7-8H2,1-2H3/t10-/m0/s1. The summed E-state index contributed by atoms with van der Waals surface area (Å²) in [4.78, 5) is 12.4. The zero-order valence-electron chi connectivity index (χ0n) is 11.5. The molecule has 1 aromatic carbocycles. The molecule has 0 saturated heterocycles. The number of thioether (sulfide) groups is 1. The molecule has 0 radical (unpaired) electrons. The Hall–Kier alpha value is -1.69. The Bertz CT molecular complexity index is 618. The molecule has 3 rings (SSSR count). The van der Waals surface area contributed by atoms with Gasteiger partial charge in [0.2, 0.25) is 5.16 Å². The van der Waals surface area contributed by atoms with Gasteiger partial charge in [-0.25, -0.2) is 4.68 Å². The van der Waals surface area contributed by atoms with E-state index in [0.29, 0.717) is 6.04 Å². The fourth-order valence-corrected chi connectivity index (χ4v) is 2.91. The molecule has 1 aromatic heterocycles. The fourth-order valence-electron chi connectivity index (χ4n) is 1.98. The highest BCUT2D eigenvalue weighted by Gasteiger charge is 2.29. The van der Waals surface area contributed by atoms with E-state index >= 15 is 0 Å². The highest BCUT2D eigenvalue weighted by Crippen LogP contribution is 2.37. The summed E-state index contributed by atoms with van der Waals surface area (Å²) >= 11 is 1.43. The Morgan fingerprint density at radius 1 is 1.35 bits per heavy atom. The van der Waals surface area contributed by atoms with Crippen molar-refractivity contribution in [1.82, 2.24) is 20.2 Å². The predicted molar refractivity (Wildman–Crippen MR) is 76.9 cm³/mol. The summed E-state index contributed by atoms with van der Waals surface area (Å²) in [6.07, 6.45) is 2.25. The number of hydrogen-bond donors (Lipinski definition) is 0. The highest BCUT2D eigenvalue weighted by molar-refractivity contribution is 8.00. The number of aryl methyl sites for hydroxylation is 1. The number of rotatable bonds is 5. The molecule has 6 heteroatoms. The molecular formula is C14H16N4OS. The fraction of sp³-hybridized carbons (Fsp3) is 0.429. The normalized spacial score (nSPS) is 16.1. The maximum absolute atomic E-state index is 12.4. The third-order valence-electron chi connectivity index (χ3n) is 3.34. The van der Waals surface area contributed by atoms with Gasteiger partial charge in [0, 0.05) is 5.56 Å². The van der Waals surface area contributed by atoms with Gasteiger partial charge in [-0.2, -0.15) is 0 Å². The van der Waals surface area contributed by atoms with Gasteiger partial charge >= 0.3 is 0 Å². The average Bonchev–Trinajstić information content (AvgIpc) is 3.19. The van der Waals surface area contributed by atoms with E-state index in [1.807, 2.05) is 42.8 Å². The zero-order valence-corrected chi connectivity index (χ0v) is 12.3. The molecule has 0 amide bonds. The molecule has 0 bridgehead atoms. The summed E-state index contributed by atoms with van der Waals surface area (Å²) < 4.78 is 1.84. The number of aromatic nitrogens is 4. The van der Waals surface area contributed by atoms with Gasteiger partial charge in [-0.1, -0.05) is 41.6 Å². The lowest BCUT2D eigenvalue weighted by Gasteiger charge is -2.10. The summed E-state index contributed by atoms with van der Waals surface area (Å²) in [6.45, 7) is 3.91. The van der Waals surface area contributed by atoms with Crippen molar-refractivity contribution < 1.29 is 4.79 Å². The van der Waals surface area contributed by atoms with E-state index in [9.17, 15) is 4.79 Å². The monoisotopic (exact) mass is 288 g/mol. The van der Waals surface area contributed by atoms with Gasteiger partial charge in [0.15, 0.2) is 5.78 Å². The number of tetrazole rings is 1. The van der Waals surface area contributed by atoms with Crippen LogP contribution in [-0.2, 0) is 0 Å². The van der Waals surface area contributed by atoms with Crippen LogP contribution in [-0.4, -0.2) is 31.2 Å². The van der Waals surface area contributed by atoms with Gasteiger partial charge in [0.25, 0.3) is 0 Å². The van der Waals surface area contributed by atoms with E-state index in [0.717, 1.165) is 29.1 Å². The van der Waals surface area contributed by atoms with Gasteiger partial charge in [-0.05, 0) is 37.1 Å². The average molecular weight is 288 g/mol. The Kier molecular flexibility index (Phi) is 3.56. The summed E-state index contributed by atoms with van der Waals surface area (Å²) in [5.74, 6) is 0.111. The summed E-state index contributed by atoms with van der Waals surface area (Å²) in [7, 11) is 0. The third kappa shape index (κ3) is 2.75. The van der Waals surface area contributed by atoms with Crippen molar-refractivity contribution in [2.45, 2.75) is 43.1 Å². The first kappa shape index (κ1) is 13.3. The number of ketones is 1. The van der Waals surface area contributed by atoms with E-state index in [-0.39, 0.29) is 11.0 Å². The number of hydrogen-bond acceptors (Lipinski definition) is 5. The van der Waals surface area contributed by atoms with Crippen LogP contribution >= 0.6 is 11.8 Å². The molecule has 0 aliphatic heterocycles. The minimum absolute atomic E-state index is 0.111. The molecule has 1 aliphatic rings. The van der Waals surface area contributed by atoms with Crippen LogP contribution < -0.4 is 0 Å². The third-order valence-corrected chi connectivity index (χ3v) is 4.39. The maximum Gasteiger partial charge on any atom is 0.210 e. The molecule has 0 N–H and O–H groups in total. The Morgan fingerprint density at radius 2 is 2.05 bits per heavy atom. The van der Waals surface area contributed by atoms with Crippen LogP contribution in [0.15, 0.2) is 29.4 Å². The van der Waals surface area contributed by atoms with Crippen molar-refractivity contribution >= 4 is 17.5 Å². The molecule has 1 heterocycles. The van der Waals surface area contributed by atoms with Crippen LogP contribution in [0, 0.1) is 6.92 Å². The van der Waals surface area contributed by atoms with E-state index < -0.39 is 0 Å². The van der Waals surface area contributed by atoms with Gasteiger partial charge in [0.05, 0.1) is 11.3 Å². The molecule has 104 valence electrons. The molecule has 0 unspecified atom stereocenters. The molecule has 1 aliphatic carbocycles. The Morgan fingerprint density at radius 3 is 2.70 bits per heavy atom. The van der Waals surface area contributed by atoms with E-state index in [1.165, 1.54) is 11.8 Å². The first-order valence-corrected chi connectivity index (χ1v) is 7.58. The number of Topliss-reactive ketones (excluding diaryl/α,β-unsaturated/α-hetero) is 1. The lowest BCUT2D eigenvalue weighted by Crippen LogP contribution is -2.14. The van der Waals surface area contributed by atoms with Crippen molar-refractivity contribution in [1.29, 1.82) is 0 Å². The first-order valence-electron chi connectivity index (χ1n) is 6.70. The molecule has 0 spiro atoms.